The summed E-state index contributed by atoms with van der Waals surface area (Å²) in [4.78, 5) is 27.0. The summed E-state index contributed by atoms with van der Waals surface area (Å²) in [5, 5.41) is 2.96. The van der Waals surface area contributed by atoms with Gasteiger partial charge in [-0.05, 0) is 144 Å². The first kappa shape index (κ1) is 44.1. The number of carbonyl (C=O) groups excluding carboxylic acids is 2. The van der Waals surface area contributed by atoms with Crippen LogP contribution in [0.4, 0.5) is 0 Å². The number of hydrogen-bond acceptors (Lipinski definition) is 5. The zero-order chi connectivity index (χ0) is 43.3. The third-order valence-electron chi connectivity index (χ3n) is 12.1. The molecule has 0 saturated heterocycles. The SMILES string of the molecule is C=C(c1cccc(-c2cc(OC3CCCC(OCc4ccccc4)C3)ccc2CCNC(C)=O)c1)N(CCc1ccc(OC2C=CCCC2)cc1-c1cccc(CC)c1)C(C)=O. The molecule has 0 heterocycles. The van der Waals surface area contributed by atoms with Crippen LogP contribution in [-0.2, 0) is 40.2 Å². The van der Waals surface area contributed by atoms with Crippen molar-refractivity contribution in [1.82, 2.24) is 10.2 Å². The van der Waals surface area contributed by atoms with Crippen molar-refractivity contribution in [2.45, 2.75) is 110 Å². The van der Waals surface area contributed by atoms with Crippen molar-refractivity contribution in [3.63, 3.8) is 0 Å². The molecule has 1 N–H and O–H groups in total. The molecule has 2 aliphatic carbocycles. The molecule has 2 amide bonds. The highest BCUT2D eigenvalue weighted by Gasteiger charge is 2.25. The van der Waals surface area contributed by atoms with E-state index in [1.807, 2.05) is 36.4 Å². The summed E-state index contributed by atoms with van der Waals surface area (Å²) in [6, 6.07) is 39.9. The number of nitrogens with zero attached hydrogens (tertiary/aromatic N) is 1. The Morgan fingerprint density at radius 3 is 2.13 bits per heavy atom. The Balaban J connectivity index is 1.10. The maximum Gasteiger partial charge on any atom is 0.223 e. The van der Waals surface area contributed by atoms with E-state index in [4.69, 9.17) is 14.2 Å². The summed E-state index contributed by atoms with van der Waals surface area (Å²) in [6.07, 6.45) is 14.0. The Bertz CT molecular complexity index is 2330. The summed E-state index contributed by atoms with van der Waals surface area (Å²) in [5.74, 6) is 1.54. The van der Waals surface area contributed by atoms with Crippen LogP contribution in [0.1, 0.15) is 93.5 Å². The van der Waals surface area contributed by atoms with E-state index < -0.39 is 0 Å². The summed E-state index contributed by atoms with van der Waals surface area (Å²) in [7, 11) is 0. The molecule has 2 aliphatic rings. The third-order valence-corrected chi connectivity index (χ3v) is 12.1. The molecule has 7 heteroatoms. The second kappa shape index (κ2) is 21.7. The number of amides is 2. The van der Waals surface area contributed by atoms with Crippen molar-refractivity contribution in [2.75, 3.05) is 13.1 Å². The Kier molecular flexibility index (Phi) is 15.5. The van der Waals surface area contributed by atoms with Crippen LogP contribution in [0.5, 0.6) is 11.5 Å². The van der Waals surface area contributed by atoms with Crippen LogP contribution in [0.3, 0.4) is 0 Å². The second-order valence-electron chi connectivity index (χ2n) is 16.7. The second-order valence-corrected chi connectivity index (χ2v) is 16.7. The van der Waals surface area contributed by atoms with E-state index in [0.29, 0.717) is 38.2 Å². The number of carbonyl (C=O) groups is 2. The number of rotatable bonds is 18. The molecule has 3 unspecified atom stereocenters. The molecule has 7 rings (SSSR count). The summed E-state index contributed by atoms with van der Waals surface area (Å²) in [5.41, 5.74) is 10.5. The van der Waals surface area contributed by atoms with Gasteiger partial charge in [0.15, 0.2) is 0 Å². The van der Waals surface area contributed by atoms with Crippen LogP contribution in [0.15, 0.2) is 134 Å². The number of aryl methyl sites for hydroxylation is 1. The minimum atomic E-state index is -0.0658. The first-order chi connectivity index (χ1) is 30.2. The van der Waals surface area contributed by atoms with Gasteiger partial charge in [0.2, 0.25) is 11.8 Å². The van der Waals surface area contributed by atoms with E-state index in [2.05, 4.69) is 110 Å². The molecular formula is C55H62N2O5. The number of hydrogen-bond donors (Lipinski definition) is 1. The molecular weight excluding hydrogens is 769 g/mol. The normalized spacial score (nSPS) is 17.2. The number of benzene rings is 5. The predicted molar refractivity (Wildman–Crippen MR) is 251 cm³/mol. The standard InChI is InChI=1S/C55H62N2O5/c1-5-42-17-12-19-47(33-42)55-36-52(61-49-21-10-7-11-22-49)28-26-45(55)30-32-57(41(4)59)39(2)46-18-13-20-48(34-46)54-37-53(27-25-44(54)29-31-56-40(3)58)62-51-24-14-23-50(35-51)60-38-43-15-8-6-9-16-43/h6,8-10,12-13,15-21,25-28,33-34,36-37,49-51H,2,5,7,11,14,22-24,29-32,35,38H2,1,3-4H3,(H,56,58). The van der Waals surface area contributed by atoms with Crippen LogP contribution >= 0.6 is 0 Å². The third kappa shape index (κ3) is 12.1. The molecule has 7 nitrogen and oxygen atoms in total. The molecule has 1 saturated carbocycles. The zero-order valence-corrected chi connectivity index (χ0v) is 36.7. The van der Waals surface area contributed by atoms with Crippen LogP contribution in [0.2, 0.25) is 0 Å². The summed E-state index contributed by atoms with van der Waals surface area (Å²) in [6.45, 7) is 11.4. The molecule has 0 spiro atoms. The molecule has 0 bridgehead atoms. The van der Waals surface area contributed by atoms with Gasteiger partial charge in [-0.15, -0.1) is 0 Å². The topological polar surface area (TPSA) is 77.1 Å². The smallest absolute Gasteiger partial charge is 0.223 e. The molecule has 322 valence electrons. The van der Waals surface area contributed by atoms with Crippen molar-refractivity contribution in [2.24, 2.45) is 0 Å². The largest absolute Gasteiger partial charge is 0.490 e. The number of ether oxygens (including phenoxy) is 3. The average Bonchev–Trinajstić information content (AvgIpc) is 3.29. The molecule has 0 aromatic heterocycles. The van der Waals surface area contributed by atoms with Gasteiger partial charge >= 0.3 is 0 Å². The molecule has 5 aromatic rings. The van der Waals surface area contributed by atoms with Crippen LogP contribution in [-0.4, -0.2) is 48.1 Å². The van der Waals surface area contributed by atoms with Crippen molar-refractivity contribution >= 4 is 17.5 Å². The fourth-order valence-electron chi connectivity index (χ4n) is 8.70. The highest BCUT2D eigenvalue weighted by molar-refractivity contribution is 5.86. The van der Waals surface area contributed by atoms with Crippen LogP contribution in [0.25, 0.3) is 28.0 Å². The van der Waals surface area contributed by atoms with E-state index in [1.165, 1.54) is 11.1 Å². The van der Waals surface area contributed by atoms with Gasteiger partial charge in [-0.3, -0.25) is 9.59 Å². The quantitative estimate of drug-likeness (QED) is 0.0890. The molecule has 3 atom stereocenters. The van der Waals surface area contributed by atoms with E-state index in [1.54, 1.807) is 18.7 Å². The lowest BCUT2D eigenvalue weighted by Gasteiger charge is -2.30. The first-order valence-corrected chi connectivity index (χ1v) is 22.5. The van der Waals surface area contributed by atoms with E-state index >= 15 is 0 Å². The average molecular weight is 831 g/mol. The van der Waals surface area contributed by atoms with Gasteiger partial charge in [0, 0.05) is 39.1 Å². The van der Waals surface area contributed by atoms with E-state index in [9.17, 15) is 9.59 Å². The van der Waals surface area contributed by atoms with Crippen molar-refractivity contribution < 1.29 is 23.8 Å². The van der Waals surface area contributed by atoms with E-state index in [-0.39, 0.29) is 30.1 Å². The van der Waals surface area contributed by atoms with Gasteiger partial charge in [0.1, 0.15) is 23.7 Å². The van der Waals surface area contributed by atoms with Crippen molar-refractivity contribution in [1.29, 1.82) is 0 Å². The lowest BCUT2D eigenvalue weighted by molar-refractivity contribution is -0.125. The minimum Gasteiger partial charge on any atom is -0.490 e. The molecule has 62 heavy (non-hydrogen) atoms. The van der Waals surface area contributed by atoms with Gasteiger partial charge in [0.05, 0.1) is 12.7 Å². The molecule has 0 radical (unpaired) electrons. The van der Waals surface area contributed by atoms with Gasteiger partial charge < -0.3 is 24.4 Å². The Hall–Kier alpha value is -5.92. The fourth-order valence-corrected chi connectivity index (χ4v) is 8.70. The fraction of sp³-hybridized carbons (Fsp3) is 0.345. The van der Waals surface area contributed by atoms with Gasteiger partial charge in [-0.1, -0.05) is 105 Å². The first-order valence-electron chi connectivity index (χ1n) is 22.5. The predicted octanol–water partition coefficient (Wildman–Crippen LogP) is 11.7. The Morgan fingerprint density at radius 1 is 0.726 bits per heavy atom. The highest BCUT2D eigenvalue weighted by atomic mass is 16.5. The Morgan fingerprint density at radius 2 is 1.42 bits per heavy atom. The maximum absolute atomic E-state index is 13.4. The Labute approximate surface area is 368 Å². The zero-order valence-electron chi connectivity index (χ0n) is 36.7. The summed E-state index contributed by atoms with van der Waals surface area (Å²) >= 11 is 0. The van der Waals surface area contributed by atoms with Crippen LogP contribution in [0, 0.1) is 0 Å². The van der Waals surface area contributed by atoms with Crippen molar-refractivity contribution in [3.05, 3.63) is 162 Å². The molecule has 1 fully saturated rings. The lowest BCUT2D eigenvalue weighted by Crippen LogP contribution is -2.30. The maximum atomic E-state index is 13.4. The lowest BCUT2D eigenvalue weighted by atomic mass is 9.93. The van der Waals surface area contributed by atoms with Crippen molar-refractivity contribution in [3.8, 4) is 33.8 Å². The monoisotopic (exact) mass is 830 g/mol. The number of nitrogens with one attached hydrogen (secondary N) is 1. The van der Waals surface area contributed by atoms with Gasteiger partial charge in [0.25, 0.3) is 0 Å². The molecule has 0 aliphatic heterocycles. The minimum absolute atomic E-state index is 0.0479. The van der Waals surface area contributed by atoms with Crippen LogP contribution < -0.4 is 14.8 Å². The van der Waals surface area contributed by atoms with E-state index in [0.717, 1.165) is 102 Å². The van der Waals surface area contributed by atoms with Gasteiger partial charge in [-0.25, -0.2) is 0 Å². The van der Waals surface area contributed by atoms with Gasteiger partial charge in [-0.2, -0.15) is 0 Å². The molecule has 5 aromatic carbocycles. The number of allylic oxidation sites excluding steroid dienone is 1. The highest BCUT2D eigenvalue weighted by Crippen LogP contribution is 2.35. The summed E-state index contributed by atoms with van der Waals surface area (Å²) < 4.78 is 19.5.